The first-order chi connectivity index (χ1) is 24.1. The van der Waals surface area contributed by atoms with Crippen LogP contribution in [0.3, 0.4) is 0 Å². The molecule has 4 aromatic rings. The molecule has 3 atom stereocenters. The van der Waals surface area contributed by atoms with Gasteiger partial charge in [0.1, 0.15) is 28.1 Å². The zero-order valence-electron chi connectivity index (χ0n) is 27.4. The van der Waals surface area contributed by atoms with Gasteiger partial charge >= 0.3 is 11.9 Å². The van der Waals surface area contributed by atoms with Crippen molar-refractivity contribution in [3.05, 3.63) is 122 Å². The SMILES string of the molecule is COc1ccc(C(Cc2c(Cl)c[n+]([O-])cc2Cl)OC(=O)c2cccc(NC(C(=O)O[C@H]3CN4CCC3CC4)c3cccc(F)c3)c2)cc1OC. The number of hydrogen-bond acceptors (Lipinski definition) is 9. The zero-order valence-corrected chi connectivity index (χ0v) is 29.0. The second-order valence-corrected chi connectivity index (χ2v) is 13.1. The highest BCUT2D eigenvalue weighted by molar-refractivity contribution is 6.35. The maximum Gasteiger partial charge on any atom is 0.338 e. The van der Waals surface area contributed by atoms with E-state index in [0.717, 1.165) is 25.9 Å². The molecule has 0 spiro atoms. The van der Waals surface area contributed by atoms with E-state index in [2.05, 4.69) is 10.2 Å². The third kappa shape index (κ3) is 8.07. The highest BCUT2D eigenvalue weighted by Gasteiger charge is 2.38. The molecule has 3 saturated heterocycles. The molecule has 262 valence electrons. The largest absolute Gasteiger partial charge is 0.619 e. The van der Waals surface area contributed by atoms with Crippen molar-refractivity contribution in [1.29, 1.82) is 0 Å². The monoisotopic (exact) mass is 723 g/mol. The normalized spacial score (nSPS) is 19.3. The summed E-state index contributed by atoms with van der Waals surface area (Å²) in [5.74, 6) is -0.543. The lowest BCUT2D eigenvalue weighted by molar-refractivity contribution is -0.605. The number of nitrogens with one attached hydrogen (secondary N) is 1. The van der Waals surface area contributed by atoms with Gasteiger partial charge in [0.2, 0.25) is 0 Å². The minimum absolute atomic E-state index is 0.0325. The summed E-state index contributed by atoms with van der Waals surface area (Å²) < 4.78 is 37.8. The van der Waals surface area contributed by atoms with Crippen molar-refractivity contribution in [2.24, 2.45) is 5.92 Å². The van der Waals surface area contributed by atoms with E-state index in [1.54, 1.807) is 48.5 Å². The number of halogens is 3. The predicted molar refractivity (Wildman–Crippen MR) is 185 cm³/mol. The van der Waals surface area contributed by atoms with Crippen LogP contribution in [0.2, 0.25) is 10.0 Å². The lowest BCUT2D eigenvalue weighted by Crippen LogP contribution is -2.52. The average molecular weight is 725 g/mol. The fourth-order valence-corrected chi connectivity index (χ4v) is 7.12. The van der Waals surface area contributed by atoms with Crippen LogP contribution in [-0.4, -0.2) is 56.8 Å². The molecule has 10 nitrogen and oxygen atoms in total. The van der Waals surface area contributed by atoms with Crippen molar-refractivity contribution in [1.82, 2.24) is 4.90 Å². The predicted octanol–water partition coefficient (Wildman–Crippen LogP) is 6.71. The van der Waals surface area contributed by atoms with Crippen LogP contribution >= 0.6 is 23.2 Å². The van der Waals surface area contributed by atoms with Crippen LogP contribution in [0.15, 0.2) is 79.1 Å². The number of ether oxygens (including phenoxy) is 4. The van der Waals surface area contributed by atoms with Crippen LogP contribution in [0, 0.1) is 16.9 Å². The Morgan fingerprint density at radius 3 is 2.34 bits per heavy atom. The number of esters is 2. The number of anilines is 1. The Morgan fingerprint density at radius 2 is 1.68 bits per heavy atom. The van der Waals surface area contributed by atoms with Gasteiger partial charge in [-0.05, 0) is 85.4 Å². The van der Waals surface area contributed by atoms with E-state index >= 15 is 0 Å². The number of piperidine rings is 3. The first kappa shape index (κ1) is 35.3. The summed E-state index contributed by atoms with van der Waals surface area (Å²) in [4.78, 5) is 29.7. The van der Waals surface area contributed by atoms with E-state index in [-0.39, 0.29) is 34.1 Å². The van der Waals surface area contributed by atoms with Gasteiger partial charge in [-0.1, -0.05) is 47.5 Å². The first-order valence-electron chi connectivity index (χ1n) is 16.2. The minimum atomic E-state index is -1.04. The van der Waals surface area contributed by atoms with Crippen molar-refractivity contribution in [2.45, 2.75) is 37.5 Å². The molecule has 1 aromatic heterocycles. The van der Waals surface area contributed by atoms with E-state index in [4.69, 9.17) is 42.1 Å². The Labute approximate surface area is 299 Å². The van der Waals surface area contributed by atoms with Gasteiger partial charge < -0.3 is 29.5 Å². The molecule has 3 fully saturated rings. The van der Waals surface area contributed by atoms with Crippen LogP contribution < -0.4 is 19.5 Å². The minimum Gasteiger partial charge on any atom is -0.619 e. The number of methoxy groups -OCH3 is 2. The molecule has 0 radical (unpaired) electrons. The lowest BCUT2D eigenvalue weighted by atomic mass is 9.86. The quantitative estimate of drug-likeness (QED) is 0.0968. The number of fused-ring (bicyclic) bond motifs is 3. The van der Waals surface area contributed by atoms with Crippen molar-refractivity contribution >= 4 is 40.8 Å². The number of hydrogen-bond donors (Lipinski definition) is 1. The molecule has 1 N–H and O–H groups in total. The molecule has 2 bridgehead atoms. The van der Waals surface area contributed by atoms with Crippen LogP contribution in [0.5, 0.6) is 11.5 Å². The maximum atomic E-state index is 14.4. The van der Waals surface area contributed by atoms with Gasteiger partial charge in [-0.2, -0.15) is 4.73 Å². The number of nitrogens with zero attached hydrogens (tertiary/aromatic N) is 2. The summed E-state index contributed by atoms with van der Waals surface area (Å²) in [6, 6.07) is 16.3. The fourth-order valence-electron chi connectivity index (χ4n) is 6.52. The van der Waals surface area contributed by atoms with Crippen LogP contribution in [0.25, 0.3) is 0 Å². The van der Waals surface area contributed by atoms with Crippen molar-refractivity contribution in [3.8, 4) is 11.5 Å². The topological polar surface area (TPSA) is 113 Å². The number of rotatable bonds is 12. The summed E-state index contributed by atoms with van der Waals surface area (Å²) >= 11 is 12.8. The molecule has 0 aliphatic carbocycles. The number of benzene rings is 3. The lowest BCUT2D eigenvalue weighted by Gasteiger charge is -2.44. The summed E-state index contributed by atoms with van der Waals surface area (Å²) in [5, 5.41) is 15.3. The summed E-state index contributed by atoms with van der Waals surface area (Å²) in [7, 11) is 3.00. The maximum absolute atomic E-state index is 14.4. The molecule has 3 aromatic carbocycles. The molecule has 3 aliphatic rings. The Hall–Kier alpha value is -4.58. The standard InChI is InChI=1S/C37H36Cl2FN3O7/c1-47-31-10-9-23(17-33(31)48-2)32(18-28-29(38)19-43(46)20-30(28)39)49-36(44)25-6-4-8-27(16-25)41-35(24-5-3-7-26(40)15-24)37(45)50-34-21-42-13-11-22(34)12-14-42/h3-10,15-17,19-20,22,32,34-35,41H,11-14,18,21H2,1-2H3/t32?,34-,35?/m0/s1. The molecule has 2 unspecified atom stereocenters. The molecule has 0 saturated carbocycles. The van der Waals surface area contributed by atoms with Gasteiger partial charge in [0.05, 0.1) is 19.8 Å². The Balaban J connectivity index is 1.26. The molecule has 13 heteroatoms. The molecule has 7 rings (SSSR count). The number of carbonyl (C=O) groups excluding carboxylic acids is 2. The smallest absolute Gasteiger partial charge is 0.338 e. The Kier molecular flexibility index (Phi) is 11.0. The number of pyridine rings is 1. The van der Waals surface area contributed by atoms with E-state index < -0.39 is 29.9 Å². The zero-order chi connectivity index (χ0) is 35.4. The summed E-state index contributed by atoms with van der Waals surface area (Å²) in [6.45, 7) is 2.66. The van der Waals surface area contributed by atoms with Gasteiger partial charge in [0, 0.05) is 24.2 Å². The van der Waals surface area contributed by atoms with Crippen molar-refractivity contribution < 1.29 is 37.7 Å². The van der Waals surface area contributed by atoms with E-state index in [1.165, 1.54) is 44.8 Å². The Bertz CT molecular complexity index is 1850. The highest BCUT2D eigenvalue weighted by atomic mass is 35.5. The second kappa shape index (κ2) is 15.5. The highest BCUT2D eigenvalue weighted by Crippen LogP contribution is 2.36. The van der Waals surface area contributed by atoms with Gasteiger partial charge in [0.25, 0.3) is 0 Å². The van der Waals surface area contributed by atoms with Gasteiger partial charge in [0.15, 0.2) is 29.9 Å². The molecular formula is C37H36Cl2FN3O7. The summed E-state index contributed by atoms with van der Waals surface area (Å²) in [5.41, 5.74) is 1.93. The third-order valence-electron chi connectivity index (χ3n) is 9.17. The van der Waals surface area contributed by atoms with E-state index in [1.807, 2.05) is 0 Å². The summed E-state index contributed by atoms with van der Waals surface area (Å²) in [6.07, 6.45) is 3.13. The fraction of sp³-hybridized carbons (Fsp3) is 0.324. The molecule has 50 heavy (non-hydrogen) atoms. The number of aromatic nitrogens is 1. The molecule has 3 aliphatic heterocycles. The first-order valence-corrected chi connectivity index (χ1v) is 16.9. The van der Waals surface area contributed by atoms with Crippen LogP contribution in [0.4, 0.5) is 10.1 Å². The number of carbonyl (C=O) groups is 2. The van der Waals surface area contributed by atoms with E-state index in [9.17, 15) is 19.2 Å². The third-order valence-corrected chi connectivity index (χ3v) is 9.82. The van der Waals surface area contributed by atoms with Gasteiger partial charge in [-0.25, -0.2) is 14.0 Å². The van der Waals surface area contributed by atoms with Gasteiger partial charge in [-0.3, -0.25) is 4.90 Å². The van der Waals surface area contributed by atoms with Crippen molar-refractivity contribution in [3.63, 3.8) is 0 Å². The van der Waals surface area contributed by atoms with Crippen LogP contribution in [-0.2, 0) is 20.7 Å². The van der Waals surface area contributed by atoms with Crippen LogP contribution in [0.1, 0.15) is 52.0 Å². The average Bonchev–Trinajstić information content (AvgIpc) is 3.11. The van der Waals surface area contributed by atoms with E-state index in [0.29, 0.717) is 45.2 Å². The van der Waals surface area contributed by atoms with Gasteiger partial charge in [-0.15, -0.1) is 0 Å². The Morgan fingerprint density at radius 1 is 0.960 bits per heavy atom. The molecular weight excluding hydrogens is 688 g/mol. The van der Waals surface area contributed by atoms with Crippen molar-refractivity contribution in [2.75, 3.05) is 39.2 Å². The molecule has 4 heterocycles. The molecule has 0 amide bonds. The second-order valence-electron chi connectivity index (χ2n) is 12.3.